The molecule has 0 aliphatic carbocycles. The first-order valence-electron chi connectivity index (χ1n) is 8.37. The average Bonchev–Trinajstić information content (AvgIpc) is 2.57. The Labute approximate surface area is 151 Å². The number of carbonyl (C=O) groups excluding carboxylic acids is 1. The van der Waals surface area contributed by atoms with E-state index in [2.05, 4.69) is 21.3 Å². The molecule has 0 aliphatic heterocycles. The van der Waals surface area contributed by atoms with Gasteiger partial charge in [0.25, 0.3) is 5.91 Å². The number of benzene rings is 1. The molecule has 0 fully saturated rings. The number of rotatable bonds is 6. The van der Waals surface area contributed by atoms with Crippen LogP contribution >= 0.6 is 0 Å². The van der Waals surface area contributed by atoms with E-state index in [1.165, 1.54) is 13.0 Å². The molecule has 1 aromatic heterocycles. The fraction of sp³-hybridized carbons (Fsp3) is 0.368. The molecule has 2 rings (SSSR count). The lowest BCUT2D eigenvalue weighted by molar-refractivity contribution is -0.141. The first-order chi connectivity index (χ1) is 12.2. The summed E-state index contributed by atoms with van der Waals surface area (Å²) in [4.78, 5) is 17.8. The summed E-state index contributed by atoms with van der Waals surface area (Å²) in [6.45, 7) is 7.18. The van der Waals surface area contributed by atoms with E-state index in [1.54, 1.807) is 0 Å². The predicted molar refractivity (Wildman–Crippen MR) is 95.4 cm³/mol. The topological polar surface area (TPSA) is 45.2 Å². The Morgan fingerprint density at radius 1 is 1.19 bits per heavy atom. The third-order valence-corrected chi connectivity index (χ3v) is 4.04. The predicted octanol–water partition coefficient (Wildman–Crippen LogP) is 3.97. The van der Waals surface area contributed by atoms with Gasteiger partial charge in [-0.1, -0.05) is 12.1 Å². The lowest BCUT2D eigenvalue weighted by atomic mass is 10.1. The monoisotopic (exact) mass is 365 g/mol. The quantitative estimate of drug-likeness (QED) is 0.842. The van der Waals surface area contributed by atoms with Gasteiger partial charge in [0.2, 0.25) is 0 Å². The van der Waals surface area contributed by atoms with Gasteiger partial charge < -0.3 is 10.2 Å². The summed E-state index contributed by atoms with van der Waals surface area (Å²) in [5.41, 5.74) is 1.42. The van der Waals surface area contributed by atoms with E-state index >= 15 is 0 Å². The summed E-state index contributed by atoms with van der Waals surface area (Å²) in [5.74, 6) is -0.427. The van der Waals surface area contributed by atoms with Crippen molar-refractivity contribution in [2.75, 3.05) is 24.5 Å². The van der Waals surface area contributed by atoms with Gasteiger partial charge in [0, 0.05) is 25.3 Å². The van der Waals surface area contributed by atoms with Crippen LogP contribution in [-0.4, -0.2) is 30.5 Å². The molecule has 0 atom stereocenters. The van der Waals surface area contributed by atoms with Crippen molar-refractivity contribution in [1.82, 2.24) is 10.3 Å². The molecule has 0 saturated carbocycles. The number of likely N-dealkylation sites (N-methyl/N-ethyl adjacent to an activating group) is 1. The fourth-order valence-electron chi connectivity index (χ4n) is 2.65. The highest BCUT2D eigenvalue weighted by molar-refractivity contribution is 5.95. The van der Waals surface area contributed by atoms with Gasteiger partial charge in [0.15, 0.2) is 0 Å². The molecule has 0 bridgehead atoms. The summed E-state index contributed by atoms with van der Waals surface area (Å²) >= 11 is 0. The Kier molecular flexibility index (Phi) is 6.23. The molecule has 0 saturated heterocycles. The number of aromatic nitrogens is 1. The fourth-order valence-corrected chi connectivity index (χ4v) is 2.65. The molecule has 0 spiro atoms. The summed E-state index contributed by atoms with van der Waals surface area (Å²) in [6.07, 6.45) is -4.52. The third-order valence-electron chi connectivity index (χ3n) is 4.04. The molecule has 0 unspecified atom stereocenters. The first kappa shape index (κ1) is 19.8. The molecule has 26 heavy (non-hydrogen) atoms. The number of anilines is 1. The lowest BCUT2D eigenvalue weighted by Crippen LogP contribution is -2.35. The zero-order valence-corrected chi connectivity index (χ0v) is 15.0. The maximum absolute atomic E-state index is 12.7. The van der Waals surface area contributed by atoms with Crippen molar-refractivity contribution in [1.29, 1.82) is 0 Å². The largest absolute Gasteiger partial charge is 0.433 e. The molecular formula is C19H22F3N3O. The molecule has 0 radical (unpaired) electrons. The van der Waals surface area contributed by atoms with E-state index in [9.17, 15) is 18.0 Å². The van der Waals surface area contributed by atoms with Crippen LogP contribution in [-0.2, 0) is 6.18 Å². The SMILES string of the molecule is CCN(CCNC(=O)c1ccc(C(F)(F)F)nc1C)c1cccc(C)c1. The van der Waals surface area contributed by atoms with Crippen LogP contribution < -0.4 is 10.2 Å². The minimum Gasteiger partial charge on any atom is -0.370 e. The number of amides is 1. The van der Waals surface area contributed by atoms with E-state index in [4.69, 9.17) is 0 Å². The summed E-state index contributed by atoms with van der Waals surface area (Å²) in [5, 5.41) is 2.75. The minimum absolute atomic E-state index is 0.0587. The summed E-state index contributed by atoms with van der Waals surface area (Å²) in [7, 11) is 0. The molecule has 1 heterocycles. The Morgan fingerprint density at radius 3 is 2.50 bits per heavy atom. The molecular weight excluding hydrogens is 343 g/mol. The summed E-state index contributed by atoms with van der Waals surface area (Å²) < 4.78 is 38.0. The van der Waals surface area contributed by atoms with Crippen LogP contribution in [0.25, 0.3) is 0 Å². The van der Waals surface area contributed by atoms with Crippen LogP contribution in [0, 0.1) is 13.8 Å². The van der Waals surface area contributed by atoms with Gasteiger partial charge in [-0.25, -0.2) is 4.98 Å². The highest BCUT2D eigenvalue weighted by atomic mass is 19.4. The molecule has 0 aliphatic rings. The Morgan fingerprint density at radius 2 is 1.92 bits per heavy atom. The van der Waals surface area contributed by atoms with Crippen LogP contribution in [0.4, 0.5) is 18.9 Å². The number of hydrogen-bond acceptors (Lipinski definition) is 3. The van der Waals surface area contributed by atoms with Crippen LogP contribution in [0.2, 0.25) is 0 Å². The van der Waals surface area contributed by atoms with Gasteiger partial charge in [0.05, 0.1) is 11.3 Å². The maximum Gasteiger partial charge on any atom is 0.433 e. The van der Waals surface area contributed by atoms with Gasteiger partial charge >= 0.3 is 6.18 Å². The number of pyridine rings is 1. The van der Waals surface area contributed by atoms with Crippen LogP contribution in [0.1, 0.15) is 34.2 Å². The third kappa shape index (κ3) is 4.97. The van der Waals surface area contributed by atoms with Crippen molar-refractivity contribution >= 4 is 11.6 Å². The Balaban J connectivity index is 1.98. The molecule has 140 valence electrons. The van der Waals surface area contributed by atoms with Crippen molar-refractivity contribution < 1.29 is 18.0 Å². The average molecular weight is 365 g/mol. The smallest absolute Gasteiger partial charge is 0.370 e. The molecule has 1 aromatic carbocycles. The minimum atomic E-state index is -4.52. The second-order valence-electron chi connectivity index (χ2n) is 6.00. The summed E-state index contributed by atoms with van der Waals surface area (Å²) in [6, 6.07) is 10.0. The molecule has 4 nitrogen and oxygen atoms in total. The zero-order chi connectivity index (χ0) is 19.3. The van der Waals surface area contributed by atoms with Gasteiger partial charge in [-0.2, -0.15) is 13.2 Å². The maximum atomic E-state index is 12.7. The number of alkyl halides is 3. The van der Waals surface area contributed by atoms with Gasteiger partial charge in [-0.05, 0) is 50.6 Å². The van der Waals surface area contributed by atoms with E-state index in [0.717, 1.165) is 23.9 Å². The molecule has 2 aromatic rings. The van der Waals surface area contributed by atoms with Gasteiger partial charge in [-0.15, -0.1) is 0 Å². The standard InChI is InChI=1S/C19H22F3N3O/c1-4-25(15-7-5-6-13(2)12-15)11-10-23-18(26)16-8-9-17(19(20,21)22)24-14(16)3/h5-9,12H,4,10-11H2,1-3H3,(H,23,26). The highest BCUT2D eigenvalue weighted by Crippen LogP contribution is 2.28. The number of halogens is 3. The highest BCUT2D eigenvalue weighted by Gasteiger charge is 2.33. The molecule has 1 amide bonds. The van der Waals surface area contributed by atoms with Gasteiger partial charge in [0.1, 0.15) is 5.69 Å². The van der Waals surface area contributed by atoms with E-state index in [-0.39, 0.29) is 11.3 Å². The van der Waals surface area contributed by atoms with Crippen molar-refractivity contribution in [2.45, 2.75) is 26.9 Å². The van der Waals surface area contributed by atoms with Crippen LogP contribution in [0.5, 0.6) is 0 Å². The number of carbonyl (C=O) groups is 1. The Hall–Kier alpha value is -2.57. The van der Waals surface area contributed by atoms with Crippen LogP contribution in [0.3, 0.4) is 0 Å². The number of nitrogens with one attached hydrogen (secondary N) is 1. The zero-order valence-electron chi connectivity index (χ0n) is 15.0. The number of aryl methyl sites for hydroxylation is 2. The normalized spacial score (nSPS) is 11.3. The van der Waals surface area contributed by atoms with Crippen molar-refractivity contribution in [3.63, 3.8) is 0 Å². The van der Waals surface area contributed by atoms with E-state index < -0.39 is 17.8 Å². The van der Waals surface area contributed by atoms with Crippen molar-refractivity contribution in [3.8, 4) is 0 Å². The van der Waals surface area contributed by atoms with Crippen LogP contribution in [0.15, 0.2) is 36.4 Å². The van der Waals surface area contributed by atoms with E-state index in [1.807, 2.05) is 32.0 Å². The van der Waals surface area contributed by atoms with E-state index in [0.29, 0.717) is 13.1 Å². The number of hydrogen-bond donors (Lipinski definition) is 1. The van der Waals surface area contributed by atoms with Crippen molar-refractivity contribution in [2.24, 2.45) is 0 Å². The molecule has 1 N–H and O–H groups in total. The molecule has 7 heteroatoms. The lowest BCUT2D eigenvalue weighted by Gasteiger charge is -2.23. The second kappa shape index (κ2) is 8.21. The first-order valence-corrected chi connectivity index (χ1v) is 8.37. The second-order valence-corrected chi connectivity index (χ2v) is 6.00. The van der Waals surface area contributed by atoms with Gasteiger partial charge in [-0.3, -0.25) is 4.79 Å². The Bertz CT molecular complexity index is 775. The number of nitrogens with zero attached hydrogens (tertiary/aromatic N) is 2. The van der Waals surface area contributed by atoms with Crippen molar-refractivity contribution in [3.05, 3.63) is 58.9 Å².